The van der Waals surface area contributed by atoms with Crippen LogP contribution in [0.3, 0.4) is 0 Å². The summed E-state index contributed by atoms with van der Waals surface area (Å²) >= 11 is 0. The summed E-state index contributed by atoms with van der Waals surface area (Å²) in [5.41, 5.74) is 6.17. The molecule has 0 aromatic heterocycles. The monoisotopic (exact) mass is 180 g/mol. The largest absolute Gasteiger partial charge is 0.488 e. The topological polar surface area (TPSA) is 99.1 Å². The highest BCUT2D eigenvalue weighted by molar-refractivity contribution is 6.58. The summed E-state index contributed by atoms with van der Waals surface area (Å²) in [4.78, 5) is 0. The van der Waals surface area contributed by atoms with Crippen molar-refractivity contribution in [3.63, 3.8) is 0 Å². The first-order chi connectivity index (χ1) is 6.15. The Morgan fingerprint density at radius 1 is 1.23 bits per heavy atom. The Morgan fingerprint density at radius 3 is 2.15 bits per heavy atom. The van der Waals surface area contributed by atoms with E-state index < -0.39 is 7.12 Å². The van der Waals surface area contributed by atoms with Gasteiger partial charge in [0, 0.05) is 5.56 Å². The summed E-state index contributed by atoms with van der Waals surface area (Å²) in [6, 6.07) is 6.03. The maximum Gasteiger partial charge on any atom is 0.488 e. The van der Waals surface area contributed by atoms with Gasteiger partial charge >= 0.3 is 7.12 Å². The third-order valence-electron chi connectivity index (χ3n) is 1.61. The van der Waals surface area contributed by atoms with E-state index in [9.17, 15) is 0 Å². The Labute approximate surface area is 75.3 Å². The molecule has 1 aromatic rings. The summed E-state index contributed by atoms with van der Waals surface area (Å²) in [7, 11) is -1.50. The van der Waals surface area contributed by atoms with Gasteiger partial charge in [-0.25, -0.2) is 0 Å². The summed E-state index contributed by atoms with van der Waals surface area (Å²) in [6.07, 6.45) is 0. The molecule has 68 valence electrons. The maximum atomic E-state index is 8.76. The number of hydrogen-bond donors (Lipinski definition) is 4. The molecule has 0 atom stereocenters. The van der Waals surface area contributed by atoms with E-state index in [0.717, 1.165) is 0 Å². The lowest BCUT2D eigenvalue weighted by molar-refractivity contribution is 0.318. The predicted octanol–water partition coefficient (Wildman–Crippen LogP) is -1.54. The molecule has 0 aliphatic heterocycles. The molecule has 1 rings (SSSR count). The Balaban J connectivity index is 2.94. The van der Waals surface area contributed by atoms with Gasteiger partial charge in [0.25, 0.3) is 0 Å². The Kier molecular flexibility index (Phi) is 2.89. The van der Waals surface area contributed by atoms with Crippen molar-refractivity contribution in [2.75, 3.05) is 0 Å². The fourth-order valence-electron chi connectivity index (χ4n) is 0.884. The van der Waals surface area contributed by atoms with Crippen molar-refractivity contribution in [3.8, 4) is 0 Å². The predicted molar refractivity (Wildman–Crippen MR) is 48.8 cm³/mol. The number of rotatable bonds is 2. The van der Waals surface area contributed by atoms with Gasteiger partial charge in [-0.1, -0.05) is 29.4 Å². The smallest absolute Gasteiger partial charge is 0.423 e. The number of nitrogens with zero attached hydrogens (tertiary/aromatic N) is 1. The molecule has 1 aromatic carbocycles. The number of amidine groups is 1. The molecule has 6 heteroatoms. The second-order valence-corrected chi connectivity index (χ2v) is 2.48. The normalized spacial score (nSPS) is 11.4. The number of benzene rings is 1. The van der Waals surface area contributed by atoms with Crippen molar-refractivity contribution in [2.24, 2.45) is 10.9 Å². The van der Waals surface area contributed by atoms with Crippen LogP contribution in [0.2, 0.25) is 0 Å². The van der Waals surface area contributed by atoms with Crippen LogP contribution in [0.15, 0.2) is 29.4 Å². The van der Waals surface area contributed by atoms with E-state index in [1.165, 1.54) is 24.3 Å². The number of nitrogens with two attached hydrogens (primary N) is 1. The fourth-order valence-corrected chi connectivity index (χ4v) is 0.884. The second-order valence-electron chi connectivity index (χ2n) is 2.48. The van der Waals surface area contributed by atoms with Gasteiger partial charge in [-0.2, -0.15) is 0 Å². The summed E-state index contributed by atoms with van der Waals surface area (Å²) in [5, 5.41) is 28.6. The molecule has 0 heterocycles. The van der Waals surface area contributed by atoms with Gasteiger partial charge in [0.2, 0.25) is 0 Å². The highest BCUT2D eigenvalue weighted by atomic mass is 16.4. The lowest BCUT2D eigenvalue weighted by atomic mass is 9.80. The van der Waals surface area contributed by atoms with Gasteiger partial charge in [-0.3, -0.25) is 0 Å². The SMILES string of the molecule is N/C(=N\O)c1ccc(B(O)O)cc1. The molecule has 0 fully saturated rings. The van der Waals surface area contributed by atoms with E-state index >= 15 is 0 Å². The first-order valence-corrected chi connectivity index (χ1v) is 3.59. The zero-order valence-electron chi connectivity index (χ0n) is 6.75. The van der Waals surface area contributed by atoms with Crippen molar-refractivity contribution in [3.05, 3.63) is 29.8 Å². The van der Waals surface area contributed by atoms with E-state index in [4.69, 9.17) is 21.0 Å². The minimum atomic E-state index is -1.50. The fraction of sp³-hybridized carbons (Fsp3) is 0. The molecular formula is C7H9BN2O3. The van der Waals surface area contributed by atoms with Crippen LogP contribution < -0.4 is 11.2 Å². The summed E-state index contributed by atoms with van der Waals surface area (Å²) in [6.45, 7) is 0. The van der Waals surface area contributed by atoms with Gasteiger partial charge in [-0.15, -0.1) is 0 Å². The first kappa shape index (κ1) is 9.56. The van der Waals surface area contributed by atoms with Gasteiger partial charge < -0.3 is 21.0 Å². The average molecular weight is 180 g/mol. The van der Waals surface area contributed by atoms with Crippen LogP contribution >= 0.6 is 0 Å². The summed E-state index contributed by atoms with van der Waals surface area (Å²) < 4.78 is 0. The van der Waals surface area contributed by atoms with Crippen LogP contribution in [0.25, 0.3) is 0 Å². The van der Waals surface area contributed by atoms with E-state index in [0.29, 0.717) is 11.0 Å². The van der Waals surface area contributed by atoms with Gasteiger partial charge in [0.15, 0.2) is 5.84 Å². The highest BCUT2D eigenvalue weighted by Crippen LogP contribution is 1.96. The molecular weight excluding hydrogens is 171 g/mol. The molecule has 0 radical (unpaired) electrons. The molecule has 0 saturated carbocycles. The lowest BCUT2D eigenvalue weighted by Gasteiger charge is -2.00. The van der Waals surface area contributed by atoms with Crippen LogP contribution in [0.4, 0.5) is 0 Å². The van der Waals surface area contributed by atoms with Crippen LogP contribution in [0.5, 0.6) is 0 Å². The standard InChI is InChI=1S/C7H9BN2O3/c9-7(10-13)5-1-3-6(4-2-5)8(11)12/h1-4,11-13H,(H2,9,10). The molecule has 5 N–H and O–H groups in total. The van der Waals surface area contributed by atoms with Crippen LogP contribution in [-0.2, 0) is 0 Å². The van der Waals surface area contributed by atoms with Crippen LogP contribution in [-0.4, -0.2) is 28.2 Å². The molecule has 0 amide bonds. The summed E-state index contributed by atoms with van der Waals surface area (Å²) in [5.74, 6) is -0.0148. The molecule has 0 aliphatic carbocycles. The van der Waals surface area contributed by atoms with Crippen molar-refractivity contribution < 1.29 is 15.3 Å². The Hall–Kier alpha value is -1.53. The van der Waals surface area contributed by atoms with Gasteiger partial charge in [0.1, 0.15) is 0 Å². The maximum absolute atomic E-state index is 8.76. The number of hydrogen-bond acceptors (Lipinski definition) is 4. The highest BCUT2D eigenvalue weighted by Gasteiger charge is 2.10. The molecule has 13 heavy (non-hydrogen) atoms. The minimum Gasteiger partial charge on any atom is -0.423 e. The Bertz CT molecular complexity index is 310. The number of oxime groups is 1. The van der Waals surface area contributed by atoms with Crippen LogP contribution in [0, 0.1) is 0 Å². The van der Waals surface area contributed by atoms with Gasteiger partial charge in [0.05, 0.1) is 0 Å². The molecule has 5 nitrogen and oxygen atoms in total. The van der Waals surface area contributed by atoms with Crippen molar-refractivity contribution in [2.45, 2.75) is 0 Å². The van der Waals surface area contributed by atoms with Crippen molar-refractivity contribution in [1.82, 2.24) is 0 Å². The average Bonchev–Trinajstić information content (AvgIpc) is 2.17. The second kappa shape index (κ2) is 3.93. The van der Waals surface area contributed by atoms with Gasteiger partial charge in [-0.05, 0) is 5.46 Å². The molecule has 0 bridgehead atoms. The van der Waals surface area contributed by atoms with E-state index in [1.54, 1.807) is 0 Å². The molecule has 0 saturated heterocycles. The van der Waals surface area contributed by atoms with Crippen molar-refractivity contribution >= 4 is 18.4 Å². The minimum absolute atomic E-state index is 0.0148. The van der Waals surface area contributed by atoms with Crippen molar-refractivity contribution in [1.29, 1.82) is 0 Å². The van der Waals surface area contributed by atoms with E-state index in [2.05, 4.69) is 5.16 Å². The molecule has 0 aliphatic rings. The van der Waals surface area contributed by atoms with E-state index in [1.807, 2.05) is 0 Å². The lowest BCUT2D eigenvalue weighted by Crippen LogP contribution is -2.29. The third kappa shape index (κ3) is 2.20. The molecule has 0 unspecified atom stereocenters. The van der Waals surface area contributed by atoms with Crippen LogP contribution in [0.1, 0.15) is 5.56 Å². The first-order valence-electron chi connectivity index (χ1n) is 3.59. The Morgan fingerprint density at radius 2 is 1.77 bits per heavy atom. The third-order valence-corrected chi connectivity index (χ3v) is 1.61. The quantitative estimate of drug-likeness (QED) is 0.146. The molecule has 0 spiro atoms. The zero-order chi connectivity index (χ0) is 9.84. The zero-order valence-corrected chi connectivity index (χ0v) is 6.75. The van der Waals surface area contributed by atoms with E-state index in [-0.39, 0.29) is 5.84 Å².